The summed E-state index contributed by atoms with van der Waals surface area (Å²) < 4.78 is 54.5. The van der Waals surface area contributed by atoms with E-state index in [-0.39, 0.29) is 30.3 Å². The van der Waals surface area contributed by atoms with Crippen LogP contribution in [0.5, 0.6) is 0 Å². The summed E-state index contributed by atoms with van der Waals surface area (Å²) in [5, 5.41) is 4.06. The number of halogens is 4. The number of anilines is 2. The van der Waals surface area contributed by atoms with E-state index in [2.05, 4.69) is 20.3 Å². The topological polar surface area (TPSA) is 91.0 Å². The Labute approximate surface area is 208 Å². The summed E-state index contributed by atoms with van der Waals surface area (Å²) in [5.74, 6) is -3.23. The lowest BCUT2D eigenvalue weighted by Gasteiger charge is -2.21. The van der Waals surface area contributed by atoms with Crippen LogP contribution in [0, 0.1) is 11.7 Å². The molecular weight excluding hydrogens is 490 g/mol. The highest BCUT2D eigenvalue weighted by molar-refractivity contribution is 5.85. The number of aromatic nitrogens is 3. The standard InChI is InChI=1S/C26H21F4N5O2/c1-13(22(29)30)21(28)26(37)35-11-16-3-2-15(8-17(16)12-35)23-32-10-20(27)24(34-23)33-18-4-5-19-14(9-18)6-7-31-25(19)36/h2-10,13,21-22H,11-12H2,1H3,(H,31,36)(H,32,33,34). The molecule has 0 bridgehead atoms. The first-order valence-electron chi connectivity index (χ1n) is 11.5. The number of nitrogens with zero attached hydrogens (tertiary/aromatic N) is 3. The van der Waals surface area contributed by atoms with Crippen LogP contribution in [0.25, 0.3) is 22.2 Å². The first kappa shape index (κ1) is 24.4. The van der Waals surface area contributed by atoms with Gasteiger partial charge in [0.15, 0.2) is 23.6 Å². The van der Waals surface area contributed by atoms with Gasteiger partial charge in [0.05, 0.1) is 12.1 Å². The van der Waals surface area contributed by atoms with Gasteiger partial charge < -0.3 is 15.2 Å². The van der Waals surface area contributed by atoms with E-state index in [1.165, 1.54) is 11.1 Å². The highest BCUT2D eigenvalue weighted by Crippen LogP contribution is 2.30. The Kier molecular flexibility index (Phi) is 6.36. The molecule has 0 fully saturated rings. The molecular formula is C26H21F4N5O2. The SMILES string of the molecule is CC(C(F)F)C(F)C(=O)N1Cc2ccc(-c3ncc(F)c(Nc4ccc5c(=O)[nH]ccc5c4)n3)cc2C1. The molecule has 0 aliphatic carbocycles. The molecule has 0 saturated heterocycles. The lowest BCUT2D eigenvalue weighted by atomic mass is 10.1. The van der Waals surface area contributed by atoms with Crippen LogP contribution < -0.4 is 10.9 Å². The van der Waals surface area contributed by atoms with Crippen molar-refractivity contribution in [1.82, 2.24) is 19.9 Å². The van der Waals surface area contributed by atoms with E-state index in [4.69, 9.17) is 0 Å². The van der Waals surface area contributed by atoms with Crippen LogP contribution in [-0.2, 0) is 17.9 Å². The zero-order chi connectivity index (χ0) is 26.3. The Morgan fingerprint density at radius 3 is 2.65 bits per heavy atom. The van der Waals surface area contributed by atoms with Crippen molar-refractivity contribution in [2.75, 3.05) is 5.32 Å². The van der Waals surface area contributed by atoms with Gasteiger partial charge in [-0.05, 0) is 46.8 Å². The smallest absolute Gasteiger partial charge is 0.258 e. The van der Waals surface area contributed by atoms with Gasteiger partial charge in [-0.1, -0.05) is 19.1 Å². The van der Waals surface area contributed by atoms with Gasteiger partial charge in [-0.15, -0.1) is 0 Å². The quantitative estimate of drug-likeness (QED) is 0.358. The number of pyridine rings is 1. The summed E-state index contributed by atoms with van der Waals surface area (Å²) in [5.41, 5.74) is 2.27. The largest absolute Gasteiger partial charge is 0.338 e. The number of fused-ring (bicyclic) bond motifs is 2. The number of hydrogen-bond acceptors (Lipinski definition) is 5. The summed E-state index contributed by atoms with van der Waals surface area (Å²) in [4.78, 5) is 36.5. The van der Waals surface area contributed by atoms with Gasteiger partial charge in [0.25, 0.3) is 11.5 Å². The van der Waals surface area contributed by atoms with E-state index in [0.717, 1.165) is 18.7 Å². The maximum atomic E-state index is 14.5. The molecule has 11 heteroatoms. The Bertz CT molecular complexity index is 1560. The molecule has 5 rings (SSSR count). The highest BCUT2D eigenvalue weighted by Gasteiger charge is 2.36. The number of benzene rings is 2. The van der Waals surface area contributed by atoms with Gasteiger partial charge in [0.2, 0.25) is 6.43 Å². The van der Waals surface area contributed by atoms with E-state index >= 15 is 0 Å². The first-order valence-corrected chi connectivity index (χ1v) is 11.5. The van der Waals surface area contributed by atoms with Crippen molar-refractivity contribution in [3.63, 3.8) is 0 Å². The van der Waals surface area contributed by atoms with Crippen molar-refractivity contribution in [2.45, 2.75) is 32.6 Å². The molecule has 2 unspecified atom stereocenters. The third-order valence-electron chi connectivity index (χ3n) is 6.37. The van der Waals surface area contributed by atoms with Crippen LogP contribution in [0.4, 0.5) is 29.1 Å². The minimum atomic E-state index is -2.94. The maximum absolute atomic E-state index is 14.5. The second-order valence-electron chi connectivity index (χ2n) is 8.90. The predicted molar refractivity (Wildman–Crippen MR) is 130 cm³/mol. The van der Waals surface area contributed by atoms with E-state index in [0.29, 0.717) is 27.6 Å². The number of nitrogens with one attached hydrogen (secondary N) is 2. The van der Waals surface area contributed by atoms with Crippen molar-refractivity contribution in [3.8, 4) is 11.4 Å². The molecule has 0 radical (unpaired) electrons. The zero-order valence-electron chi connectivity index (χ0n) is 19.5. The lowest BCUT2D eigenvalue weighted by Crippen LogP contribution is -2.38. The minimum absolute atomic E-state index is 0.0565. The second-order valence-corrected chi connectivity index (χ2v) is 8.90. The Morgan fingerprint density at radius 2 is 1.86 bits per heavy atom. The van der Waals surface area contributed by atoms with E-state index in [1.54, 1.807) is 42.5 Å². The molecule has 3 heterocycles. The number of aromatic amines is 1. The lowest BCUT2D eigenvalue weighted by molar-refractivity contribution is -0.141. The van der Waals surface area contributed by atoms with Crippen LogP contribution in [0.3, 0.4) is 0 Å². The number of alkyl halides is 3. The van der Waals surface area contributed by atoms with Crippen LogP contribution in [0.15, 0.2) is 59.7 Å². The predicted octanol–water partition coefficient (Wildman–Crippen LogP) is 4.95. The minimum Gasteiger partial charge on any atom is -0.338 e. The summed E-state index contributed by atoms with van der Waals surface area (Å²) in [6, 6.07) is 11.8. The maximum Gasteiger partial charge on any atom is 0.258 e. The monoisotopic (exact) mass is 511 g/mol. The van der Waals surface area contributed by atoms with E-state index in [9.17, 15) is 27.2 Å². The van der Waals surface area contributed by atoms with Gasteiger partial charge in [-0.2, -0.15) is 0 Å². The average Bonchev–Trinajstić information content (AvgIpc) is 3.32. The number of hydrogen-bond donors (Lipinski definition) is 2. The van der Waals surface area contributed by atoms with Crippen LogP contribution in [-0.4, -0.2) is 38.4 Å². The van der Waals surface area contributed by atoms with Crippen LogP contribution >= 0.6 is 0 Å². The first-order chi connectivity index (χ1) is 17.7. The molecule has 2 aromatic heterocycles. The fraction of sp³-hybridized carbons (Fsp3) is 0.231. The molecule has 7 nitrogen and oxygen atoms in total. The second kappa shape index (κ2) is 9.64. The molecule has 2 aromatic carbocycles. The van der Waals surface area contributed by atoms with Gasteiger partial charge in [-0.3, -0.25) is 9.59 Å². The molecule has 190 valence electrons. The Morgan fingerprint density at radius 1 is 1.08 bits per heavy atom. The molecule has 1 aliphatic rings. The average molecular weight is 511 g/mol. The molecule has 0 spiro atoms. The fourth-order valence-corrected chi connectivity index (χ4v) is 4.22. The normalized spacial score (nSPS) is 14.6. The van der Waals surface area contributed by atoms with Crippen LogP contribution in [0.2, 0.25) is 0 Å². The zero-order valence-corrected chi connectivity index (χ0v) is 19.5. The molecule has 37 heavy (non-hydrogen) atoms. The van der Waals surface area contributed by atoms with E-state index in [1.807, 2.05) is 0 Å². The van der Waals surface area contributed by atoms with Crippen LogP contribution in [0.1, 0.15) is 18.1 Å². The molecule has 4 aromatic rings. The molecule has 0 saturated carbocycles. The number of amides is 1. The number of carbonyl (C=O) groups excluding carboxylic acids is 1. The summed E-state index contributed by atoms with van der Waals surface area (Å²) in [6.45, 7) is 1.16. The molecule has 1 amide bonds. The van der Waals surface area contributed by atoms with Gasteiger partial charge in [0.1, 0.15) is 0 Å². The summed E-state index contributed by atoms with van der Waals surface area (Å²) in [7, 11) is 0. The Hall–Kier alpha value is -4.28. The third kappa shape index (κ3) is 4.76. The number of carbonyl (C=O) groups is 1. The van der Waals surface area contributed by atoms with Gasteiger partial charge in [0, 0.05) is 35.9 Å². The molecule has 2 atom stereocenters. The third-order valence-corrected chi connectivity index (χ3v) is 6.37. The molecule has 1 aliphatic heterocycles. The fourth-order valence-electron chi connectivity index (χ4n) is 4.22. The number of rotatable bonds is 6. The van der Waals surface area contributed by atoms with E-state index < -0.39 is 30.2 Å². The van der Waals surface area contributed by atoms with Crippen molar-refractivity contribution >= 4 is 28.2 Å². The van der Waals surface area contributed by atoms with Gasteiger partial charge in [-0.25, -0.2) is 27.5 Å². The van der Waals surface area contributed by atoms with Crippen molar-refractivity contribution < 1.29 is 22.4 Å². The number of H-pyrrole nitrogens is 1. The Balaban J connectivity index is 1.37. The summed E-state index contributed by atoms with van der Waals surface area (Å²) >= 11 is 0. The molecule has 2 N–H and O–H groups in total. The van der Waals surface area contributed by atoms with Crippen molar-refractivity contribution in [1.29, 1.82) is 0 Å². The van der Waals surface area contributed by atoms with Gasteiger partial charge >= 0.3 is 0 Å². The summed E-state index contributed by atoms with van der Waals surface area (Å²) in [6.07, 6.45) is -2.69. The highest BCUT2D eigenvalue weighted by atomic mass is 19.3. The van der Waals surface area contributed by atoms with Crippen molar-refractivity contribution in [3.05, 3.63) is 82.2 Å². The van der Waals surface area contributed by atoms with Crippen molar-refractivity contribution in [2.24, 2.45) is 5.92 Å².